The average Bonchev–Trinajstić information content (AvgIpc) is 1.75. The summed E-state index contributed by atoms with van der Waals surface area (Å²) in [6, 6.07) is 165. The molecule has 0 aliphatic carbocycles. The molecule has 0 saturated heterocycles. The Bertz CT molecular complexity index is 7200. The van der Waals surface area contributed by atoms with E-state index < -0.39 is 0 Å². The molecule has 0 atom stereocenters. The summed E-state index contributed by atoms with van der Waals surface area (Å²) < 4.78 is 14.8. The minimum atomic E-state index is 0. The molecule has 8 heterocycles. The maximum absolute atomic E-state index is 4.51. The number of rotatable bonds is 15. The fraction of sp³-hybridized carbons (Fsp3) is 0.0656. The Morgan fingerprint density at radius 2 is 0.345 bits per heavy atom. The molecule has 0 N–H and O–H groups in total. The second kappa shape index (κ2) is 53.7. The van der Waals surface area contributed by atoms with Gasteiger partial charge in [0, 0.05) is 153 Å². The van der Waals surface area contributed by atoms with Crippen molar-refractivity contribution in [3.05, 3.63) is 556 Å². The molecular weight excluding hydrogens is 2460 g/mol. The van der Waals surface area contributed by atoms with Gasteiger partial charge in [-0.3, -0.25) is 37.5 Å². The quantitative estimate of drug-likeness (QED) is 0.0924. The average molecular weight is 2560 g/mol. The summed E-state index contributed by atoms with van der Waals surface area (Å²) in [6.07, 6.45) is 14.7. The smallest absolute Gasteiger partial charge is 0.0600 e. The first-order valence-corrected chi connectivity index (χ1v) is 45.3. The Labute approximate surface area is 885 Å². The number of nitrogens with zero attached hydrogens (tertiary/aromatic N) is 16. The van der Waals surface area contributed by atoms with Gasteiger partial charge in [0.05, 0.1) is 22.8 Å². The standard InChI is InChI=1S/C23H19N2.2C21H15N2.C17H15N2.2C11H11N2.2C9H7N2.4Ir/c1-17-16-18(2)25(24-17)23-14-12-22(13-15-23)21-10-8-20(9-11-21)19-6-4-3-5-7-19;2*1-2-5-17(6-3-1)18-7-9-19(10-8-18)20-11-13-21(14-12-20)23-16-4-15-22-23;1-13-12-14(2)19(18-13)17-10-8-16(9-11-17)15-6-4-3-5-7-15;2*1-9-8-10(2)13(12-9)11-6-4-3-5-7-11;2*1-2-5-9(6-3-1)11-8-4-7-10-11;;;;/h3-14,16H,1-2H3;2*1-13,15-16H;3-10,12H,1-2H3;2*3-6,8H,1-2H3;2*1-5,7-8H;;;;/q8*-1;;;;. The third-order valence-electron chi connectivity index (χ3n) is 22.0. The molecule has 0 bridgehead atoms. The second-order valence-electron chi connectivity index (χ2n) is 32.2. The number of benzene rings is 15. The summed E-state index contributed by atoms with van der Waals surface area (Å²) in [5.74, 6) is 0. The number of aromatic nitrogens is 16. The summed E-state index contributed by atoms with van der Waals surface area (Å²) in [5, 5.41) is 34.3. The van der Waals surface area contributed by atoms with Gasteiger partial charge in [-0.2, -0.15) is 211 Å². The van der Waals surface area contributed by atoms with Gasteiger partial charge in [0.25, 0.3) is 0 Å². The van der Waals surface area contributed by atoms with Crippen molar-refractivity contribution in [2.45, 2.75) is 55.4 Å². The van der Waals surface area contributed by atoms with Crippen LogP contribution in [0.1, 0.15) is 45.6 Å². The van der Waals surface area contributed by atoms with Crippen LogP contribution in [0.15, 0.2) is 462 Å². The van der Waals surface area contributed by atoms with Crippen LogP contribution in [0.4, 0.5) is 0 Å². The maximum atomic E-state index is 4.51. The Morgan fingerprint density at radius 3 is 0.528 bits per heavy atom. The molecule has 0 unspecified atom stereocenters. The van der Waals surface area contributed by atoms with E-state index in [2.05, 4.69) is 322 Å². The van der Waals surface area contributed by atoms with E-state index in [0.29, 0.717) is 0 Å². The first kappa shape index (κ1) is 105. The van der Waals surface area contributed by atoms with Crippen molar-refractivity contribution in [1.29, 1.82) is 0 Å². The van der Waals surface area contributed by atoms with E-state index in [0.717, 1.165) is 108 Å². The fourth-order valence-corrected chi connectivity index (χ4v) is 15.2. The van der Waals surface area contributed by atoms with Crippen LogP contribution in [-0.2, 0) is 80.4 Å². The van der Waals surface area contributed by atoms with Gasteiger partial charge in [0.15, 0.2) is 0 Å². The van der Waals surface area contributed by atoms with Crippen molar-refractivity contribution >= 4 is 0 Å². The van der Waals surface area contributed by atoms with Crippen molar-refractivity contribution in [2.24, 2.45) is 0 Å². The zero-order valence-electron chi connectivity index (χ0n) is 79.4. The van der Waals surface area contributed by atoms with E-state index in [-0.39, 0.29) is 80.4 Å². The molecule has 16 nitrogen and oxygen atoms in total. The molecule has 0 saturated carbocycles. The van der Waals surface area contributed by atoms with Crippen molar-refractivity contribution in [2.75, 3.05) is 0 Å². The molecule has 4 radical (unpaired) electrons. The molecule has 0 aliphatic rings. The second-order valence-corrected chi connectivity index (χ2v) is 32.2. The Hall–Kier alpha value is -15.4. The van der Waals surface area contributed by atoms with Gasteiger partial charge in [-0.05, 0) is 183 Å². The molecule has 20 heteroatoms. The van der Waals surface area contributed by atoms with Crippen LogP contribution in [0, 0.1) is 104 Å². The summed E-state index contributed by atoms with van der Waals surface area (Å²) >= 11 is 0. The van der Waals surface area contributed by atoms with E-state index in [1.165, 1.54) is 61.2 Å². The molecule has 0 fully saturated rings. The van der Waals surface area contributed by atoms with Crippen LogP contribution < -0.4 is 0 Å². The summed E-state index contributed by atoms with van der Waals surface area (Å²) in [5.41, 5.74) is 33.2. The maximum Gasteiger partial charge on any atom is 0.0600 e. The topological polar surface area (TPSA) is 143 Å². The van der Waals surface area contributed by atoms with E-state index in [4.69, 9.17) is 0 Å². The Morgan fingerprint density at radius 1 is 0.169 bits per heavy atom. The number of para-hydroxylation sites is 4. The molecule has 15 aromatic carbocycles. The monoisotopic (exact) mass is 2560 g/mol. The van der Waals surface area contributed by atoms with Gasteiger partial charge in [-0.15, -0.1) is 70.8 Å². The normalized spacial score (nSPS) is 10.2. The predicted molar refractivity (Wildman–Crippen MR) is 555 cm³/mol. The third kappa shape index (κ3) is 29.4. The molecule has 0 aliphatic heterocycles. The summed E-state index contributed by atoms with van der Waals surface area (Å²) in [7, 11) is 0. The van der Waals surface area contributed by atoms with Gasteiger partial charge in [0.2, 0.25) is 0 Å². The Kier molecular flexibility index (Phi) is 39.9. The van der Waals surface area contributed by atoms with E-state index >= 15 is 0 Å². The van der Waals surface area contributed by atoms with Crippen molar-refractivity contribution in [3.8, 4) is 123 Å². The van der Waals surface area contributed by atoms with E-state index in [1.54, 1.807) is 34.2 Å². The minimum Gasteiger partial charge on any atom is -0.266 e. The first-order valence-electron chi connectivity index (χ1n) is 45.3. The fourth-order valence-electron chi connectivity index (χ4n) is 15.2. The number of aryl methyl sites for hydroxylation is 8. The molecule has 8 aromatic heterocycles. The predicted octanol–water partition coefficient (Wildman–Crippen LogP) is 27.5. The molecule has 23 rings (SSSR count). The molecule has 712 valence electrons. The summed E-state index contributed by atoms with van der Waals surface area (Å²) in [4.78, 5) is 0. The molecule has 23 aromatic rings. The van der Waals surface area contributed by atoms with Crippen LogP contribution in [0.2, 0.25) is 0 Å². The van der Waals surface area contributed by atoms with Gasteiger partial charge < -0.3 is 0 Å². The number of hydrogen-bond donors (Lipinski definition) is 0. The van der Waals surface area contributed by atoms with Crippen LogP contribution >= 0.6 is 0 Å². The zero-order chi connectivity index (χ0) is 95.0. The number of hydrogen-bond acceptors (Lipinski definition) is 8. The Balaban J connectivity index is 0.000000147. The summed E-state index contributed by atoms with van der Waals surface area (Å²) in [6.45, 7) is 16.2. The van der Waals surface area contributed by atoms with Gasteiger partial charge in [-0.25, -0.2) is 0 Å². The van der Waals surface area contributed by atoms with Gasteiger partial charge in [-0.1, -0.05) is 216 Å². The SMILES string of the molecule is Cc1cc(C)n(-c2[c-]cc(-c3ccc(-c4ccccc4)cc3)cc2)n1.Cc1cc(C)n(-c2[c-]cc(-c3ccccc3)cc2)n1.Cc1cc(C)n(-c2[c-]cccc2)n1.Cc1cc(C)n(-c2[c-]cccc2)n1.[Ir].[Ir].[Ir].[Ir].[c-]1cc(-c2ccc(-c3ccccc3)cc2)ccc1-n1cccn1.[c-]1cc(-c2ccc(-c3ccccc3)cc2)ccc1-n1cccn1.[c-]1ccccc1-n1cccn1.[c-]1ccccc1-n1cccn1. The third-order valence-corrected chi connectivity index (χ3v) is 22.0. The van der Waals surface area contributed by atoms with E-state index in [1.807, 2.05) is 289 Å². The minimum absolute atomic E-state index is 0. The molecule has 0 spiro atoms. The van der Waals surface area contributed by atoms with Crippen molar-refractivity contribution in [3.63, 3.8) is 0 Å². The van der Waals surface area contributed by atoms with Crippen LogP contribution in [0.3, 0.4) is 0 Å². The van der Waals surface area contributed by atoms with E-state index in [9.17, 15) is 0 Å². The largest absolute Gasteiger partial charge is 0.266 e. The van der Waals surface area contributed by atoms with Gasteiger partial charge >= 0.3 is 0 Å². The van der Waals surface area contributed by atoms with Crippen molar-refractivity contribution in [1.82, 2.24) is 78.2 Å². The van der Waals surface area contributed by atoms with Gasteiger partial charge in [0.1, 0.15) is 0 Å². The van der Waals surface area contributed by atoms with Crippen LogP contribution in [0.5, 0.6) is 0 Å². The van der Waals surface area contributed by atoms with Crippen molar-refractivity contribution < 1.29 is 80.4 Å². The van der Waals surface area contributed by atoms with Crippen LogP contribution in [0.25, 0.3) is 123 Å². The zero-order valence-corrected chi connectivity index (χ0v) is 88.9. The molecule has 142 heavy (non-hydrogen) atoms. The molecule has 0 amide bonds. The molecular formula is C122H100Ir4N16-8. The van der Waals surface area contributed by atoms with Crippen LogP contribution in [-0.4, -0.2) is 78.2 Å². The first-order chi connectivity index (χ1) is 67.7.